The second-order valence-corrected chi connectivity index (χ2v) is 7.62. The number of imidazole rings is 1. The van der Waals surface area contributed by atoms with Gasteiger partial charge >= 0.3 is 0 Å². The number of furan rings is 1. The summed E-state index contributed by atoms with van der Waals surface area (Å²) in [5.74, 6) is 0.619. The fraction of sp³-hybridized carbons (Fsp3) is 0.200. The maximum atomic E-state index is 12.0. The Morgan fingerprint density at radius 1 is 1.35 bits per heavy atom. The van der Waals surface area contributed by atoms with Crippen LogP contribution in [0.4, 0.5) is 5.69 Å². The first kappa shape index (κ1) is 15.3. The summed E-state index contributed by atoms with van der Waals surface area (Å²) in [6, 6.07) is 8.65. The van der Waals surface area contributed by atoms with Crippen LogP contribution >= 0.6 is 0 Å². The molecule has 0 aliphatic heterocycles. The number of nitrogens with one attached hydrogen (secondary N) is 2. The molecule has 0 aliphatic carbocycles. The first-order chi connectivity index (χ1) is 10.8. The number of benzene rings is 1. The SMILES string of the molecule is C[C@H](C(=O)Nc1ccc2nc(-c3ccco3)[nH]c2c1)S(C)(=O)=O. The average Bonchev–Trinajstić information content (AvgIpc) is 3.13. The maximum Gasteiger partial charge on any atom is 0.242 e. The fourth-order valence-corrected chi connectivity index (χ4v) is 2.50. The van der Waals surface area contributed by atoms with Crippen molar-refractivity contribution in [3.8, 4) is 11.6 Å². The van der Waals surface area contributed by atoms with E-state index in [2.05, 4.69) is 15.3 Å². The van der Waals surface area contributed by atoms with Gasteiger partial charge in [0.2, 0.25) is 5.91 Å². The minimum absolute atomic E-state index is 0.493. The van der Waals surface area contributed by atoms with E-state index in [1.54, 1.807) is 36.6 Å². The topological polar surface area (TPSA) is 105 Å². The van der Waals surface area contributed by atoms with Gasteiger partial charge in [-0.3, -0.25) is 4.79 Å². The minimum Gasteiger partial charge on any atom is -0.461 e. The molecular weight excluding hydrogens is 318 g/mol. The Hall–Kier alpha value is -2.61. The van der Waals surface area contributed by atoms with Crippen LogP contribution in [-0.4, -0.2) is 35.8 Å². The summed E-state index contributed by atoms with van der Waals surface area (Å²) in [5, 5.41) is 1.48. The van der Waals surface area contributed by atoms with E-state index >= 15 is 0 Å². The molecule has 0 aliphatic rings. The molecular formula is C15H15N3O4S. The largest absolute Gasteiger partial charge is 0.461 e. The van der Waals surface area contributed by atoms with E-state index in [1.165, 1.54) is 6.92 Å². The summed E-state index contributed by atoms with van der Waals surface area (Å²) in [6.45, 7) is 1.36. The number of carbonyl (C=O) groups excluding carboxylic acids is 1. The van der Waals surface area contributed by atoms with Crippen LogP contribution in [0.1, 0.15) is 6.92 Å². The zero-order chi connectivity index (χ0) is 16.6. The van der Waals surface area contributed by atoms with E-state index in [4.69, 9.17) is 4.42 Å². The zero-order valence-corrected chi connectivity index (χ0v) is 13.3. The van der Waals surface area contributed by atoms with Gasteiger partial charge in [0.05, 0.1) is 17.3 Å². The van der Waals surface area contributed by atoms with Crippen LogP contribution in [0.5, 0.6) is 0 Å². The highest BCUT2D eigenvalue weighted by atomic mass is 32.2. The number of carbonyl (C=O) groups is 1. The second kappa shape index (κ2) is 5.54. The fourth-order valence-electron chi connectivity index (χ4n) is 2.06. The lowest BCUT2D eigenvalue weighted by Gasteiger charge is -2.10. The van der Waals surface area contributed by atoms with E-state index < -0.39 is 21.0 Å². The quantitative estimate of drug-likeness (QED) is 0.761. The number of anilines is 1. The van der Waals surface area contributed by atoms with Gasteiger partial charge in [-0.1, -0.05) is 0 Å². The summed E-state index contributed by atoms with van der Waals surface area (Å²) >= 11 is 0. The van der Waals surface area contributed by atoms with Crippen LogP contribution < -0.4 is 5.32 Å². The molecule has 0 bridgehead atoms. The van der Waals surface area contributed by atoms with Gasteiger partial charge in [0.1, 0.15) is 5.25 Å². The summed E-state index contributed by atoms with van der Waals surface area (Å²) in [7, 11) is -3.43. The number of aromatic nitrogens is 2. The minimum atomic E-state index is -3.43. The van der Waals surface area contributed by atoms with Gasteiger partial charge in [0.25, 0.3) is 0 Å². The molecule has 7 nitrogen and oxygen atoms in total. The van der Waals surface area contributed by atoms with Gasteiger partial charge < -0.3 is 14.7 Å². The molecule has 0 fully saturated rings. The molecule has 23 heavy (non-hydrogen) atoms. The van der Waals surface area contributed by atoms with Crippen molar-refractivity contribution in [2.75, 3.05) is 11.6 Å². The number of H-pyrrole nitrogens is 1. The third-order valence-electron chi connectivity index (χ3n) is 3.52. The van der Waals surface area contributed by atoms with E-state index in [-0.39, 0.29) is 0 Å². The standard InChI is InChI=1S/C15H15N3O4S/c1-9(23(2,20)21)15(19)16-10-5-6-11-12(8-10)18-14(17-11)13-4-3-7-22-13/h3-9H,1-2H3,(H,16,19)(H,17,18)/t9-/m1/s1. The molecule has 0 unspecified atom stereocenters. The van der Waals surface area contributed by atoms with Crippen molar-refractivity contribution in [2.45, 2.75) is 12.2 Å². The summed E-state index contributed by atoms with van der Waals surface area (Å²) in [6.07, 6.45) is 2.59. The zero-order valence-electron chi connectivity index (χ0n) is 12.5. The predicted octanol–water partition coefficient (Wildman–Crippen LogP) is 2.19. The van der Waals surface area contributed by atoms with Crippen LogP contribution in [0.25, 0.3) is 22.6 Å². The summed E-state index contributed by atoms with van der Waals surface area (Å²) in [5.41, 5.74) is 1.92. The predicted molar refractivity (Wildman–Crippen MR) is 86.7 cm³/mol. The van der Waals surface area contributed by atoms with Gasteiger partial charge in [-0.15, -0.1) is 0 Å². The van der Waals surface area contributed by atoms with Crippen molar-refractivity contribution in [1.82, 2.24) is 9.97 Å². The van der Waals surface area contributed by atoms with Crippen molar-refractivity contribution in [1.29, 1.82) is 0 Å². The highest BCUT2D eigenvalue weighted by molar-refractivity contribution is 7.92. The van der Waals surface area contributed by atoms with Crippen LogP contribution in [0.15, 0.2) is 41.0 Å². The monoisotopic (exact) mass is 333 g/mol. The summed E-state index contributed by atoms with van der Waals surface area (Å²) in [4.78, 5) is 19.4. The Labute approximate surface area is 132 Å². The Kier molecular flexibility index (Phi) is 3.69. The lowest BCUT2D eigenvalue weighted by molar-refractivity contribution is -0.115. The third-order valence-corrected chi connectivity index (χ3v) is 5.01. The Bertz CT molecular complexity index is 958. The number of amides is 1. The molecule has 2 heterocycles. The highest BCUT2D eigenvalue weighted by Crippen LogP contribution is 2.23. The maximum absolute atomic E-state index is 12.0. The van der Waals surface area contributed by atoms with Crippen LogP contribution in [0.3, 0.4) is 0 Å². The second-order valence-electron chi connectivity index (χ2n) is 5.26. The summed E-state index contributed by atoms with van der Waals surface area (Å²) < 4.78 is 28.1. The number of hydrogen-bond acceptors (Lipinski definition) is 5. The van der Waals surface area contributed by atoms with Gasteiger partial charge in [-0.25, -0.2) is 13.4 Å². The number of fused-ring (bicyclic) bond motifs is 1. The van der Waals surface area contributed by atoms with Gasteiger partial charge in [-0.05, 0) is 37.3 Å². The molecule has 1 atom stereocenters. The molecule has 2 aromatic heterocycles. The first-order valence-electron chi connectivity index (χ1n) is 6.88. The van der Waals surface area contributed by atoms with E-state index in [1.807, 2.05) is 0 Å². The van der Waals surface area contributed by atoms with Crippen molar-refractivity contribution in [2.24, 2.45) is 0 Å². The molecule has 0 saturated carbocycles. The van der Waals surface area contributed by atoms with Crippen molar-refractivity contribution in [3.63, 3.8) is 0 Å². The van der Waals surface area contributed by atoms with Crippen molar-refractivity contribution >= 4 is 32.5 Å². The average molecular weight is 333 g/mol. The molecule has 3 aromatic rings. The number of aromatic amines is 1. The highest BCUT2D eigenvalue weighted by Gasteiger charge is 2.23. The lowest BCUT2D eigenvalue weighted by atomic mass is 10.2. The smallest absolute Gasteiger partial charge is 0.242 e. The molecule has 8 heteroatoms. The molecule has 2 N–H and O–H groups in total. The van der Waals surface area contributed by atoms with Crippen molar-refractivity contribution < 1.29 is 17.6 Å². The molecule has 0 radical (unpaired) electrons. The molecule has 1 aromatic carbocycles. The van der Waals surface area contributed by atoms with E-state index in [0.717, 1.165) is 6.26 Å². The number of sulfone groups is 1. The van der Waals surface area contributed by atoms with Gasteiger partial charge in [0.15, 0.2) is 21.4 Å². The molecule has 1 amide bonds. The van der Waals surface area contributed by atoms with Gasteiger partial charge in [0, 0.05) is 11.9 Å². The Morgan fingerprint density at radius 2 is 2.13 bits per heavy atom. The first-order valence-corrected chi connectivity index (χ1v) is 8.83. The number of hydrogen-bond donors (Lipinski definition) is 2. The molecule has 0 spiro atoms. The van der Waals surface area contributed by atoms with Crippen LogP contribution in [0, 0.1) is 0 Å². The Balaban J connectivity index is 1.87. The Morgan fingerprint density at radius 3 is 2.78 bits per heavy atom. The molecule has 120 valence electrons. The molecule has 0 saturated heterocycles. The van der Waals surface area contributed by atoms with E-state index in [9.17, 15) is 13.2 Å². The van der Waals surface area contributed by atoms with E-state index in [0.29, 0.717) is 28.3 Å². The number of nitrogens with zero attached hydrogens (tertiary/aromatic N) is 1. The van der Waals surface area contributed by atoms with Gasteiger partial charge in [-0.2, -0.15) is 0 Å². The third kappa shape index (κ3) is 3.11. The van der Waals surface area contributed by atoms with Crippen LogP contribution in [-0.2, 0) is 14.6 Å². The van der Waals surface area contributed by atoms with Crippen molar-refractivity contribution in [3.05, 3.63) is 36.6 Å². The number of rotatable bonds is 4. The normalized spacial score (nSPS) is 13.1. The lowest BCUT2D eigenvalue weighted by Crippen LogP contribution is -2.31. The molecule has 3 rings (SSSR count). The van der Waals surface area contributed by atoms with Crippen LogP contribution in [0.2, 0.25) is 0 Å².